The number of ether oxygens (including phenoxy) is 3. The van der Waals surface area contributed by atoms with Crippen LogP contribution in [-0.2, 0) is 14.2 Å². The first kappa shape index (κ1) is 33.9. The van der Waals surface area contributed by atoms with Crippen molar-refractivity contribution in [3.05, 3.63) is 0 Å². The molecule has 0 amide bonds. The van der Waals surface area contributed by atoms with Gasteiger partial charge in [-0.15, -0.1) is 0 Å². The summed E-state index contributed by atoms with van der Waals surface area (Å²) in [6.45, 7) is 24.9. The van der Waals surface area contributed by atoms with Gasteiger partial charge in [-0.1, -0.05) is 20.3 Å². The van der Waals surface area contributed by atoms with Crippen LogP contribution in [0.5, 0.6) is 0 Å². The summed E-state index contributed by atoms with van der Waals surface area (Å²) in [6, 6.07) is 0.769. The highest BCUT2D eigenvalue weighted by molar-refractivity contribution is 4.67. The van der Waals surface area contributed by atoms with Gasteiger partial charge >= 0.3 is 0 Å². The van der Waals surface area contributed by atoms with Crippen molar-refractivity contribution in [1.29, 1.82) is 0 Å². The van der Waals surface area contributed by atoms with Crippen molar-refractivity contribution < 1.29 is 24.4 Å². The molecular formula is C25H56N2O5. The fourth-order valence-electron chi connectivity index (χ4n) is 3.03. The topological polar surface area (TPSA) is 74.6 Å². The zero-order chi connectivity index (χ0) is 24.8. The molecule has 7 nitrogen and oxygen atoms in total. The van der Waals surface area contributed by atoms with Crippen molar-refractivity contribution in [3.63, 3.8) is 0 Å². The first-order chi connectivity index (χ1) is 15.3. The molecule has 32 heavy (non-hydrogen) atoms. The number of aliphatic hydroxyl groups excluding tert-OH is 2. The minimum absolute atomic E-state index is 0.117. The Hall–Kier alpha value is -0.280. The maximum Gasteiger partial charge on any atom is 0.100 e. The van der Waals surface area contributed by atoms with Crippen LogP contribution in [0.1, 0.15) is 74.7 Å². The Morgan fingerprint density at radius 2 is 1.34 bits per heavy atom. The van der Waals surface area contributed by atoms with E-state index in [-0.39, 0.29) is 19.3 Å². The number of likely N-dealkylation sites (tertiary alicyclic amines) is 1. The Balaban J connectivity index is 0. The van der Waals surface area contributed by atoms with E-state index in [0.29, 0.717) is 6.10 Å². The summed E-state index contributed by atoms with van der Waals surface area (Å²) in [7, 11) is 0. The van der Waals surface area contributed by atoms with E-state index in [1.165, 1.54) is 32.4 Å². The Morgan fingerprint density at radius 3 is 1.75 bits per heavy atom. The van der Waals surface area contributed by atoms with Crippen LogP contribution in [0, 0.1) is 0 Å². The molecule has 0 aromatic heterocycles. The van der Waals surface area contributed by atoms with E-state index in [1.807, 2.05) is 27.7 Å². The zero-order valence-electron chi connectivity index (χ0n) is 22.5. The summed E-state index contributed by atoms with van der Waals surface area (Å²) in [5, 5.41) is 17.0. The van der Waals surface area contributed by atoms with Gasteiger partial charge in [0.15, 0.2) is 0 Å². The SMILES string of the molecule is CC.CC(C)N1CCCCC1.CC(C)OCC(O)CO.CC(C)OCCN1CCOCC1. The van der Waals surface area contributed by atoms with E-state index >= 15 is 0 Å². The zero-order valence-corrected chi connectivity index (χ0v) is 22.5. The van der Waals surface area contributed by atoms with Crippen molar-refractivity contribution in [2.75, 3.05) is 65.8 Å². The molecule has 0 spiro atoms. The average molecular weight is 465 g/mol. The lowest BCUT2D eigenvalue weighted by Crippen LogP contribution is -2.38. The fourth-order valence-corrected chi connectivity index (χ4v) is 3.03. The summed E-state index contributed by atoms with van der Waals surface area (Å²) in [6.07, 6.45) is 4.02. The first-order valence-corrected chi connectivity index (χ1v) is 12.8. The predicted molar refractivity (Wildman–Crippen MR) is 134 cm³/mol. The monoisotopic (exact) mass is 464 g/mol. The molecule has 2 aliphatic rings. The van der Waals surface area contributed by atoms with Gasteiger partial charge in [-0.3, -0.25) is 4.90 Å². The summed E-state index contributed by atoms with van der Waals surface area (Å²) < 4.78 is 15.7. The average Bonchev–Trinajstić information content (AvgIpc) is 2.80. The molecule has 0 aromatic carbocycles. The van der Waals surface area contributed by atoms with Crippen molar-refractivity contribution in [1.82, 2.24) is 9.80 Å². The number of nitrogens with zero attached hydrogens (tertiary/aromatic N) is 2. The first-order valence-electron chi connectivity index (χ1n) is 12.8. The van der Waals surface area contributed by atoms with Crippen molar-refractivity contribution in [3.8, 4) is 0 Å². The number of aliphatic hydroxyl groups is 2. The molecule has 2 aliphatic heterocycles. The molecular weight excluding hydrogens is 408 g/mol. The molecule has 2 fully saturated rings. The third-order valence-electron chi connectivity index (χ3n) is 4.92. The number of hydrogen-bond donors (Lipinski definition) is 2. The standard InChI is InChI=1S/C9H19NO2.C8H17N.C6H14O3.C2H6/c1-9(2)12-8-5-10-3-6-11-7-4-10;1-8(2)9-6-4-3-5-7-9;1-5(2)9-4-6(8)3-7;1-2/h9H,3-8H2,1-2H3;8H,3-7H2,1-2H3;5-8H,3-4H2,1-2H3;1-2H3. The van der Waals surface area contributed by atoms with Gasteiger partial charge in [-0.05, 0) is 67.5 Å². The van der Waals surface area contributed by atoms with E-state index < -0.39 is 6.10 Å². The van der Waals surface area contributed by atoms with E-state index in [9.17, 15) is 0 Å². The Morgan fingerprint density at radius 1 is 0.812 bits per heavy atom. The summed E-state index contributed by atoms with van der Waals surface area (Å²) in [5.74, 6) is 0. The molecule has 0 aromatic rings. The normalized spacial score (nSPS) is 18.3. The second-order valence-corrected chi connectivity index (χ2v) is 8.78. The van der Waals surface area contributed by atoms with Crippen LogP contribution in [0.2, 0.25) is 0 Å². The van der Waals surface area contributed by atoms with E-state index in [1.54, 1.807) is 0 Å². The number of hydrogen-bond acceptors (Lipinski definition) is 7. The van der Waals surface area contributed by atoms with Gasteiger partial charge in [0.05, 0.1) is 45.2 Å². The highest BCUT2D eigenvalue weighted by Gasteiger charge is 2.12. The second-order valence-electron chi connectivity index (χ2n) is 8.78. The second kappa shape index (κ2) is 23.9. The molecule has 2 saturated heterocycles. The van der Waals surface area contributed by atoms with Crippen molar-refractivity contribution >= 4 is 0 Å². The predicted octanol–water partition coefficient (Wildman–Crippen LogP) is 3.42. The molecule has 2 heterocycles. The van der Waals surface area contributed by atoms with Crippen LogP contribution in [0.25, 0.3) is 0 Å². The molecule has 0 aliphatic carbocycles. The molecule has 0 saturated carbocycles. The Bertz CT molecular complexity index is 358. The van der Waals surface area contributed by atoms with Crippen molar-refractivity contribution in [2.45, 2.75) is 99.0 Å². The van der Waals surface area contributed by atoms with Gasteiger partial charge in [0.25, 0.3) is 0 Å². The van der Waals surface area contributed by atoms with Gasteiger partial charge in [-0.2, -0.15) is 0 Å². The van der Waals surface area contributed by atoms with Crippen LogP contribution >= 0.6 is 0 Å². The molecule has 0 bridgehead atoms. The summed E-state index contributed by atoms with van der Waals surface area (Å²) in [4.78, 5) is 4.94. The lowest BCUT2D eigenvalue weighted by Gasteiger charge is -2.29. The van der Waals surface area contributed by atoms with E-state index in [0.717, 1.165) is 45.5 Å². The molecule has 1 unspecified atom stereocenters. The third kappa shape index (κ3) is 22.9. The van der Waals surface area contributed by atoms with E-state index in [2.05, 4.69) is 37.5 Å². The van der Waals surface area contributed by atoms with Gasteiger partial charge < -0.3 is 29.3 Å². The largest absolute Gasteiger partial charge is 0.394 e. The molecule has 7 heteroatoms. The van der Waals surface area contributed by atoms with Crippen LogP contribution in [0.3, 0.4) is 0 Å². The summed E-state index contributed by atoms with van der Waals surface area (Å²) in [5.41, 5.74) is 0. The number of morpholine rings is 1. The molecule has 0 radical (unpaired) electrons. The maximum absolute atomic E-state index is 8.73. The lowest BCUT2D eigenvalue weighted by molar-refractivity contribution is -0.0167. The highest BCUT2D eigenvalue weighted by atomic mass is 16.5. The van der Waals surface area contributed by atoms with Crippen LogP contribution in [0.4, 0.5) is 0 Å². The van der Waals surface area contributed by atoms with Gasteiger partial charge in [0.2, 0.25) is 0 Å². The number of piperidine rings is 1. The quantitative estimate of drug-likeness (QED) is 0.541. The molecule has 2 N–H and O–H groups in total. The molecule has 2 rings (SSSR count). The van der Waals surface area contributed by atoms with Gasteiger partial charge in [0.1, 0.15) is 6.10 Å². The minimum Gasteiger partial charge on any atom is -0.394 e. The van der Waals surface area contributed by atoms with Gasteiger partial charge in [0, 0.05) is 25.7 Å². The van der Waals surface area contributed by atoms with Crippen LogP contribution in [0.15, 0.2) is 0 Å². The van der Waals surface area contributed by atoms with Crippen LogP contribution in [-0.4, -0.2) is 110 Å². The molecule has 1 atom stereocenters. The number of rotatable bonds is 9. The smallest absolute Gasteiger partial charge is 0.100 e. The Labute approximate surface area is 199 Å². The van der Waals surface area contributed by atoms with Crippen LogP contribution < -0.4 is 0 Å². The van der Waals surface area contributed by atoms with Crippen molar-refractivity contribution in [2.24, 2.45) is 0 Å². The summed E-state index contributed by atoms with van der Waals surface area (Å²) >= 11 is 0. The maximum atomic E-state index is 8.73. The highest BCUT2D eigenvalue weighted by Crippen LogP contribution is 2.10. The third-order valence-corrected chi connectivity index (χ3v) is 4.92. The minimum atomic E-state index is -0.729. The Kier molecular flexibility index (Phi) is 25.3. The molecule has 196 valence electrons. The lowest BCUT2D eigenvalue weighted by atomic mass is 10.1. The van der Waals surface area contributed by atoms with Gasteiger partial charge in [-0.25, -0.2) is 0 Å². The van der Waals surface area contributed by atoms with E-state index in [4.69, 9.17) is 24.4 Å². The fraction of sp³-hybridized carbons (Fsp3) is 1.00.